The van der Waals surface area contributed by atoms with Gasteiger partial charge in [-0.25, -0.2) is 4.68 Å². The number of fused-ring (bicyclic) bond motifs is 1. The van der Waals surface area contributed by atoms with Crippen molar-refractivity contribution in [1.82, 2.24) is 19.7 Å². The number of rotatable bonds is 2. The molecule has 0 bridgehead atoms. The molecule has 0 aliphatic carbocycles. The van der Waals surface area contributed by atoms with Crippen LogP contribution in [0, 0.1) is 5.92 Å². The Balaban J connectivity index is 1.89. The third kappa shape index (κ3) is 2.47. The zero-order valence-corrected chi connectivity index (χ0v) is 13.6. The maximum Gasteiger partial charge on any atom is 0.308 e. The van der Waals surface area contributed by atoms with Crippen LogP contribution in [0.2, 0.25) is 0 Å². The number of aliphatic carboxylic acids is 1. The van der Waals surface area contributed by atoms with Crippen LogP contribution in [0.4, 0.5) is 5.95 Å². The van der Waals surface area contributed by atoms with E-state index in [9.17, 15) is 14.7 Å². The minimum atomic E-state index is -0.833. The summed E-state index contributed by atoms with van der Waals surface area (Å²) in [5.74, 6) is -0.713. The monoisotopic (exact) mass is 319 g/mol. The molecule has 8 nitrogen and oxygen atoms in total. The Morgan fingerprint density at radius 1 is 1.39 bits per heavy atom. The largest absolute Gasteiger partial charge is 0.481 e. The summed E-state index contributed by atoms with van der Waals surface area (Å²) in [5.41, 5.74) is 1.48. The third-order valence-corrected chi connectivity index (χ3v) is 4.82. The Bertz CT molecular complexity index is 680. The molecule has 23 heavy (non-hydrogen) atoms. The Hall–Kier alpha value is -2.38. The summed E-state index contributed by atoms with van der Waals surface area (Å²) in [7, 11) is 1.85. The topological polar surface area (TPSA) is 91.6 Å². The molecule has 3 rings (SSSR count). The normalized spacial score (nSPS) is 24.7. The van der Waals surface area contributed by atoms with E-state index in [0.29, 0.717) is 30.9 Å². The molecule has 2 atom stereocenters. The summed E-state index contributed by atoms with van der Waals surface area (Å²) in [6, 6.07) is -0.221. The van der Waals surface area contributed by atoms with Crippen LogP contribution in [0.3, 0.4) is 0 Å². The Kier molecular flexibility index (Phi) is 3.83. The van der Waals surface area contributed by atoms with Crippen molar-refractivity contribution in [2.45, 2.75) is 32.7 Å². The highest BCUT2D eigenvalue weighted by molar-refractivity contribution is 5.96. The van der Waals surface area contributed by atoms with Crippen molar-refractivity contribution in [1.29, 1.82) is 0 Å². The highest BCUT2D eigenvalue weighted by Crippen LogP contribution is 2.34. The van der Waals surface area contributed by atoms with Gasteiger partial charge in [-0.15, -0.1) is 0 Å². The van der Waals surface area contributed by atoms with Crippen molar-refractivity contribution >= 4 is 17.8 Å². The van der Waals surface area contributed by atoms with Crippen LogP contribution in [0.1, 0.15) is 32.7 Å². The number of piperidine rings is 1. The van der Waals surface area contributed by atoms with Gasteiger partial charge in [0.15, 0.2) is 0 Å². The van der Waals surface area contributed by atoms with Crippen LogP contribution >= 0.6 is 0 Å². The molecule has 2 aliphatic heterocycles. The minimum absolute atomic E-state index is 0.103. The van der Waals surface area contributed by atoms with Gasteiger partial charge in [-0.2, -0.15) is 10.1 Å². The van der Waals surface area contributed by atoms with Crippen molar-refractivity contribution in [3.05, 3.63) is 17.6 Å². The highest BCUT2D eigenvalue weighted by atomic mass is 16.4. The summed E-state index contributed by atoms with van der Waals surface area (Å²) in [6.07, 6.45) is 2.82. The van der Waals surface area contributed by atoms with E-state index in [1.54, 1.807) is 9.58 Å². The van der Waals surface area contributed by atoms with Crippen molar-refractivity contribution in [3.8, 4) is 0 Å². The number of aromatic nitrogens is 3. The standard InChI is InChI=1S/C15H21N5O3/c1-9-12(10(2)20-15(18(9)3)16-8-17-20)13(21)19-6-4-5-11(7-19)14(22)23/h8,10-11H,4-7H2,1-3H3,(H,22,23). The van der Waals surface area contributed by atoms with E-state index < -0.39 is 11.9 Å². The number of nitrogens with zero attached hydrogens (tertiary/aromatic N) is 5. The SMILES string of the molecule is CC1=C(C(=O)N2CCCC(C(=O)O)C2)C(C)n2ncnc2N1C. The molecule has 0 aromatic carbocycles. The maximum atomic E-state index is 13.0. The first-order chi connectivity index (χ1) is 10.9. The zero-order chi connectivity index (χ0) is 16.7. The van der Waals surface area contributed by atoms with E-state index in [-0.39, 0.29) is 18.5 Å². The molecule has 1 aromatic heterocycles. The molecule has 1 saturated heterocycles. The van der Waals surface area contributed by atoms with Gasteiger partial charge in [0.1, 0.15) is 6.33 Å². The molecule has 3 heterocycles. The summed E-state index contributed by atoms with van der Waals surface area (Å²) in [5, 5.41) is 13.4. The number of carbonyl (C=O) groups is 2. The fourth-order valence-corrected chi connectivity index (χ4v) is 3.38. The molecule has 0 saturated carbocycles. The van der Waals surface area contributed by atoms with E-state index in [1.807, 2.05) is 25.8 Å². The predicted octanol–water partition coefficient (Wildman–Crippen LogP) is 0.886. The van der Waals surface area contributed by atoms with E-state index in [1.165, 1.54) is 6.33 Å². The summed E-state index contributed by atoms with van der Waals surface area (Å²) < 4.78 is 1.72. The minimum Gasteiger partial charge on any atom is -0.481 e. The van der Waals surface area contributed by atoms with Gasteiger partial charge in [0.2, 0.25) is 5.95 Å². The quantitative estimate of drug-likeness (QED) is 0.870. The van der Waals surface area contributed by atoms with Gasteiger partial charge in [0, 0.05) is 25.8 Å². The van der Waals surface area contributed by atoms with Gasteiger partial charge in [-0.05, 0) is 26.7 Å². The van der Waals surface area contributed by atoms with E-state index in [2.05, 4.69) is 10.1 Å². The predicted molar refractivity (Wildman–Crippen MR) is 82.8 cm³/mol. The van der Waals surface area contributed by atoms with Gasteiger partial charge in [-0.1, -0.05) is 0 Å². The third-order valence-electron chi connectivity index (χ3n) is 4.82. The Labute approximate surface area is 134 Å². The molecular formula is C15H21N5O3. The van der Waals surface area contributed by atoms with Crippen LogP contribution in [0.25, 0.3) is 0 Å². The number of likely N-dealkylation sites (tertiary alicyclic amines) is 1. The number of hydrogen-bond acceptors (Lipinski definition) is 5. The van der Waals surface area contributed by atoms with Gasteiger partial charge in [0.25, 0.3) is 5.91 Å². The van der Waals surface area contributed by atoms with Crippen molar-refractivity contribution in [3.63, 3.8) is 0 Å². The Morgan fingerprint density at radius 3 is 2.83 bits per heavy atom. The molecule has 8 heteroatoms. The molecular weight excluding hydrogens is 298 g/mol. The second-order valence-electron chi connectivity index (χ2n) is 6.17. The number of carboxylic acids is 1. The van der Waals surface area contributed by atoms with Crippen LogP contribution < -0.4 is 4.90 Å². The highest BCUT2D eigenvalue weighted by Gasteiger charge is 2.36. The first-order valence-corrected chi connectivity index (χ1v) is 7.78. The fourth-order valence-electron chi connectivity index (χ4n) is 3.38. The smallest absolute Gasteiger partial charge is 0.308 e. The molecule has 0 spiro atoms. The summed E-state index contributed by atoms with van der Waals surface area (Å²) >= 11 is 0. The van der Waals surface area contributed by atoms with E-state index >= 15 is 0 Å². The van der Waals surface area contributed by atoms with Crippen LogP contribution in [-0.4, -0.2) is 56.8 Å². The second kappa shape index (κ2) is 5.68. The maximum absolute atomic E-state index is 13.0. The van der Waals surface area contributed by atoms with Gasteiger partial charge >= 0.3 is 5.97 Å². The van der Waals surface area contributed by atoms with E-state index in [4.69, 9.17) is 0 Å². The lowest BCUT2D eigenvalue weighted by Crippen LogP contribution is -2.45. The van der Waals surface area contributed by atoms with Gasteiger partial charge in [0.05, 0.1) is 17.5 Å². The fraction of sp³-hybridized carbons (Fsp3) is 0.600. The molecule has 2 aliphatic rings. The molecule has 1 N–H and O–H groups in total. The second-order valence-corrected chi connectivity index (χ2v) is 6.17. The molecule has 1 fully saturated rings. The average molecular weight is 319 g/mol. The average Bonchev–Trinajstić information content (AvgIpc) is 3.03. The number of carboxylic acid groups (broad SMARTS) is 1. The summed E-state index contributed by atoms with van der Waals surface area (Å²) in [6.45, 7) is 4.67. The first kappa shape index (κ1) is 15.5. The number of allylic oxidation sites excluding steroid dienone is 1. The van der Waals surface area contributed by atoms with Gasteiger partial charge in [-0.3, -0.25) is 9.59 Å². The van der Waals surface area contributed by atoms with Crippen LogP contribution in [0.5, 0.6) is 0 Å². The van der Waals surface area contributed by atoms with Crippen LogP contribution in [0.15, 0.2) is 17.6 Å². The Morgan fingerprint density at radius 2 is 2.13 bits per heavy atom. The van der Waals surface area contributed by atoms with E-state index in [0.717, 1.165) is 5.70 Å². The number of carbonyl (C=O) groups excluding carboxylic acids is 1. The number of amides is 1. The lowest BCUT2D eigenvalue weighted by molar-refractivity contribution is -0.145. The molecule has 0 radical (unpaired) electrons. The van der Waals surface area contributed by atoms with Crippen molar-refractivity contribution in [2.75, 3.05) is 25.0 Å². The van der Waals surface area contributed by atoms with Gasteiger partial charge < -0.3 is 14.9 Å². The molecule has 124 valence electrons. The first-order valence-electron chi connectivity index (χ1n) is 7.78. The van der Waals surface area contributed by atoms with Crippen LogP contribution in [-0.2, 0) is 9.59 Å². The molecule has 2 unspecified atom stereocenters. The summed E-state index contributed by atoms with van der Waals surface area (Å²) in [4.78, 5) is 32.0. The molecule has 1 aromatic rings. The van der Waals surface area contributed by atoms with Crippen molar-refractivity contribution < 1.29 is 14.7 Å². The zero-order valence-electron chi connectivity index (χ0n) is 13.6. The molecule has 1 amide bonds. The van der Waals surface area contributed by atoms with Crippen molar-refractivity contribution in [2.24, 2.45) is 5.92 Å². The number of hydrogen-bond donors (Lipinski definition) is 1. The lowest BCUT2D eigenvalue weighted by atomic mass is 9.96. The lowest BCUT2D eigenvalue weighted by Gasteiger charge is -2.36. The number of anilines is 1.